The van der Waals surface area contributed by atoms with Crippen LogP contribution in [-0.4, -0.2) is 9.97 Å². The predicted octanol–water partition coefficient (Wildman–Crippen LogP) is 2.53. The van der Waals surface area contributed by atoms with E-state index >= 15 is 0 Å². The fourth-order valence-electron chi connectivity index (χ4n) is 2.00. The molecule has 2 aromatic heterocycles. The second kappa shape index (κ2) is 4.24. The molecule has 0 aliphatic heterocycles. The second-order valence-corrected chi connectivity index (χ2v) is 6.02. The van der Waals surface area contributed by atoms with Crippen LogP contribution >= 0.6 is 22.7 Å². The molecule has 84 valence electrons. The third-order valence-corrected chi connectivity index (χ3v) is 4.94. The maximum absolute atomic E-state index is 6.17. The Morgan fingerprint density at radius 3 is 2.88 bits per heavy atom. The quantitative estimate of drug-likeness (QED) is 0.892. The van der Waals surface area contributed by atoms with Crippen molar-refractivity contribution < 1.29 is 0 Å². The van der Waals surface area contributed by atoms with Crippen molar-refractivity contribution in [3.05, 3.63) is 32.2 Å². The molecule has 16 heavy (non-hydrogen) atoms. The summed E-state index contributed by atoms with van der Waals surface area (Å²) < 4.78 is 0. The van der Waals surface area contributed by atoms with Crippen LogP contribution < -0.4 is 5.73 Å². The summed E-state index contributed by atoms with van der Waals surface area (Å²) in [6, 6.07) is -0.129. The highest BCUT2D eigenvalue weighted by atomic mass is 32.1. The van der Waals surface area contributed by atoms with Crippen molar-refractivity contribution in [1.29, 1.82) is 0 Å². The number of fused-ring (bicyclic) bond motifs is 1. The standard InChI is InChI=1S/C11H13N3S2/c12-9(10-13-5-6-15-10)11-14-7-3-1-2-4-8(7)16-11/h5-6,9H,1-4,12H2. The number of nitrogens with two attached hydrogens (primary N) is 1. The van der Waals surface area contributed by atoms with E-state index < -0.39 is 0 Å². The molecule has 3 rings (SSSR count). The molecule has 1 atom stereocenters. The van der Waals surface area contributed by atoms with E-state index in [1.54, 1.807) is 28.9 Å². The summed E-state index contributed by atoms with van der Waals surface area (Å²) in [6.45, 7) is 0. The largest absolute Gasteiger partial charge is 0.316 e. The number of rotatable bonds is 2. The van der Waals surface area contributed by atoms with Crippen LogP contribution in [-0.2, 0) is 12.8 Å². The Bertz CT molecular complexity index is 452. The fraction of sp³-hybridized carbons (Fsp3) is 0.455. The summed E-state index contributed by atoms with van der Waals surface area (Å²) in [5.74, 6) is 0. The van der Waals surface area contributed by atoms with Gasteiger partial charge in [-0.05, 0) is 25.7 Å². The topological polar surface area (TPSA) is 51.8 Å². The highest BCUT2D eigenvalue weighted by Crippen LogP contribution is 2.31. The summed E-state index contributed by atoms with van der Waals surface area (Å²) in [6.07, 6.45) is 6.66. The first-order valence-electron chi connectivity index (χ1n) is 5.48. The molecule has 0 aromatic carbocycles. The molecular formula is C11H13N3S2. The average Bonchev–Trinajstić information content (AvgIpc) is 2.97. The Morgan fingerprint density at radius 1 is 1.25 bits per heavy atom. The van der Waals surface area contributed by atoms with Crippen molar-refractivity contribution in [3.63, 3.8) is 0 Å². The third kappa shape index (κ3) is 1.79. The Labute approximate surface area is 102 Å². The Morgan fingerprint density at radius 2 is 2.12 bits per heavy atom. The van der Waals surface area contributed by atoms with E-state index in [2.05, 4.69) is 9.97 Å². The summed E-state index contributed by atoms with van der Waals surface area (Å²) in [7, 11) is 0. The van der Waals surface area contributed by atoms with Gasteiger partial charge in [-0.25, -0.2) is 9.97 Å². The molecule has 0 saturated carbocycles. The van der Waals surface area contributed by atoms with Gasteiger partial charge in [0.1, 0.15) is 16.1 Å². The minimum Gasteiger partial charge on any atom is -0.316 e. The van der Waals surface area contributed by atoms with E-state index in [-0.39, 0.29) is 6.04 Å². The molecule has 1 aliphatic carbocycles. The van der Waals surface area contributed by atoms with E-state index in [1.165, 1.54) is 29.8 Å². The normalized spacial score (nSPS) is 17.1. The first-order chi connectivity index (χ1) is 7.84. The molecule has 0 fully saturated rings. The number of hydrogen-bond donors (Lipinski definition) is 1. The van der Waals surface area contributed by atoms with Crippen molar-refractivity contribution in [2.45, 2.75) is 31.7 Å². The van der Waals surface area contributed by atoms with Gasteiger partial charge in [0.05, 0.1) is 5.69 Å². The number of aromatic nitrogens is 2. The van der Waals surface area contributed by atoms with Gasteiger partial charge < -0.3 is 5.73 Å². The summed E-state index contributed by atoms with van der Waals surface area (Å²) in [5.41, 5.74) is 7.44. The predicted molar refractivity (Wildman–Crippen MR) is 66.9 cm³/mol. The zero-order valence-electron chi connectivity index (χ0n) is 8.85. The average molecular weight is 251 g/mol. The van der Waals surface area contributed by atoms with E-state index in [9.17, 15) is 0 Å². The molecule has 0 saturated heterocycles. The van der Waals surface area contributed by atoms with E-state index in [4.69, 9.17) is 5.73 Å². The zero-order valence-corrected chi connectivity index (χ0v) is 10.5. The second-order valence-electron chi connectivity index (χ2n) is 3.98. The van der Waals surface area contributed by atoms with Crippen molar-refractivity contribution in [3.8, 4) is 0 Å². The van der Waals surface area contributed by atoms with E-state index in [0.717, 1.165) is 16.4 Å². The molecule has 1 unspecified atom stereocenters. The van der Waals surface area contributed by atoms with Crippen LogP contribution in [0.1, 0.15) is 39.5 Å². The molecule has 2 aromatic rings. The Hall–Kier alpha value is -0.780. The number of thiazole rings is 2. The first kappa shape index (κ1) is 10.4. The maximum atomic E-state index is 6.17. The van der Waals surface area contributed by atoms with Crippen molar-refractivity contribution in [2.75, 3.05) is 0 Å². The van der Waals surface area contributed by atoms with Gasteiger partial charge in [-0.3, -0.25) is 0 Å². The monoisotopic (exact) mass is 251 g/mol. The molecule has 2 N–H and O–H groups in total. The highest BCUT2D eigenvalue weighted by molar-refractivity contribution is 7.12. The summed E-state index contributed by atoms with van der Waals surface area (Å²) >= 11 is 3.37. The van der Waals surface area contributed by atoms with Crippen LogP contribution in [0.4, 0.5) is 0 Å². The molecule has 0 bridgehead atoms. The number of nitrogens with zero attached hydrogens (tertiary/aromatic N) is 2. The van der Waals surface area contributed by atoms with Crippen LogP contribution in [0.15, 0.2) is 11.6 Å². The van der Waals surface area contributed by atoms with Crippen LogP contribution in [0.3, 0.4) is 0 Å². The highest BCUT2D eigenvalue weighted by Gasteiger charge is 2.20. The maximum Gasteiger partial charge on any atom is 0.117 e. The lowest BCUT2D eigenvalue weighted by molar-refractivity contribution is 0.678. The van der Waals surface area contributed by atoms with Crippen LogP contribution in [0.2, 0.25) is 0 Å². The lowest BCUT2D eigenvalue weighted by Crippen LogP contribution is -2.11. The van der Waals surface area contributed by atoms with E-state index in [0.29, 0.717) is 0 Å². The lowest BCUT2D eigenvalue weighted by Gasteiger charge is -2.06. The fourth-order valence-corrected chi connectivity index (χ4v) is 3.87. The Kier molecular flexibility index (Phi) is 2.75. The molecule has 3 nitrogen and oxygen atoms in total. The van der Waals surface area contributed by atoms with Gasteiger partial charge >= 0.3 is 0 Å². The lowest BCUT2D eigenvalue weighted by atomic mass is 10.0. The Balaban J connectivity index is 1.92. The van der Waals surface area contributed by atoms with Gasteiger partial charge in [0, 0.05) is 16.5 Å². The zero-order chi connectivity index (χ0) is 11.0. The van der Waals surface area contributed by atoms with Gasteiger partial charge in [-0.1, -0.05) is 0 Å². The molecule has 0 amide bonds. The van der Waals surface area contributed by atoms with Gasteiger partial charge in [0.15, 0.2) is 0 Å². The first-order valence-corrected chi connectivity index (χ1v) is 7.17. The molecule has 5 heteroatoms. The van der Waals surface area contributed by atoms with Crippen LogP contribution in [0, 0.1) is 0 Å². The third-order valence-electron chi connectivity index (χ3n) is 2.85. The molecule has 2 heterocycles. The van der Waals surface area contributed by atoms with Crippen LogP contribution in [0.5, 0.6) is 0 Å². The van der Waals surface area contributed by atoms with Crippen molar-refractivity contribution >= 4 is 22.7 Å². The smallest absolute Gasteiger partial charge is 0.117 e. The van der Waals surface area contributed by atoms with Gasteiger partial charge in [0.25, 0.3) is 0 Å². The van der Waals surface area contributed by atoms with Gasteiger partial charge in [-0.15, -0.1) is 22.7 Å². The number of hydrogen-bond acceptors (Lipinski definition) is 5. The molecule has 1 aliphatic rings. The molecular weight excluding hydrogens is 238 g/mol. The van der Waals surface area contributed by atoms with Crippen molar-refractivity contribution in [1.82, 2.24) is 9.97 Å². The summed E-state index contributed by atoms with van der Waals surface area (Å²) in [5, 5.41) is 3.95. The minimum absolute atomic E-state index is 0.129. The van der Waals surface area contributed by atoms with Gasteiger partial charge in [-0.2, -0.15) is 0 Å². The minimum atomic E-state index is -0.129. The SMILES string of the molecule is NC(c1nccs1)c1nc2c(s1)CCCC2. The molecule has 0 radical (unpaired) electrons. The van der Waals surface area contributed by atoms with E-state index in [1.807, 2.05) is 5.38 Å². The summed E-state index contributed by atoms with van der Waals surface area (Å²) in [4.78, 5) is 10.4. The van der Waals surface area contributed by atoms with Gasteiger partial charge in [0.2, 0.25) is 0 Å². The van der Waals surface area contributed by atoms with Crippen molar-refractivity contribution in [2.24, 2.45) is 5.73 Å². The number of aryl methyl sites for hydroxylation is 2. The van der Waals surface area contributed by atoms with Crippen LogP contribution in [0.25, 0.3) is 0 Å². The molecule has 0 spiro atoms.